The summed E-state index contributed by atoms with van der Waals surface area (Å²) in [6.45, 7) is 2.27. The molecule has 0 saturated carbocycles. The van der Waals surface area contributed by atoms with Crippen LogP contribution in [0.1, 0.15) is 10.4 Å². The number of nitrogens with one attached hydrogen (secondary N) is 1. The molecule has 1 aliphatic rings. The number of rotatable bonds is 5. The van der Waals surface area contributed by atoms with E-state index in [1.54, 1.807) is 17.2 Å². The summed E-state index contributed by atoms with van der Waals surface area (Å²) in [5.41, 5.74) is 0.312. The Bertz CT molecular complexity index is 1010. The predicted molar refractivity (Wildman–Crippen MR) is 111 cm³/mol. The summed E-state index contributed by atoms with van der Waals surface area (Å²) in [6, 6.07) is 13.6. The van der Waals surface area contributed by atoms with Crippen LogP contribution in [0.2, 0.25) is 0 Å². The first-order valence-corrected chi connectivity index (χ1v) is 9.53. The number of pyridine rings is 1. The number of methoxy groups -OCH3 is 1. The van der Waals surface area contributed by atoms with Crippen molar-refractivity contribution in [1.29, 1.82) is 0 Å². The molecule has 9 heteroatoms. The van der Waals surface area contributed by atoms with Crippen LogP contribution in [0, 0.1) is 5.82 Å². The van der Waals surface area contributed by atoms with Crippen molar-refractivity contribution in [3.63, 3.8) is 0 Å². The molecule has 4 rings (SSSR count). The lowest BCUT2D eigenvalue weighted by Gasteiger charge is -2.35. The molecule has 0 aliphatic carbocycles. The van der Waals surface area contributed by atoms with Crippen LogP contribution < -0.4 is 15.0 Å². The van der Waals surface area contributed by atoms with Crippen molar-refractivity contribution in [1.82, 2.24) is 20.1 Å². The molecule has 3 aromatic rings. The number of hydrogen-bond acceptors (Lipinski definition) is 7. The van der Waals surface area contributed by atoms with Gasteiger partial charge in [0.25, 0.3) is 5.91 Å². The van der Waals surface area contributed by atoms with E-state index in [0.717, 1.165) is 5.82 Å². The van der Waals surface area contributed by atoms with E-state index < -0.39 is 5.82 Å². The highest BCUT2D eigenvalue weighted by Gasteiger charge is 2.23. The fourth-order valence-corrected chi connectivity index (χ4v) is 3.25. The lowest BCUT2D eigenvalue weighted by molar-refractivity contribution is 0.0746. The van der Waals surface area contributed by atoms with E-state index in [2.05, 4.69) is 25.4 Å². The summed E-state index contributed by atoms with van der Waals surface area (Å²) in [4.78, 5) is 20.6. The number of hydrogen-bond donors (Lipinski definition) is 1. The van der Waals surface area contributed by atoms with Crippen LogP contribution in [0.5, 0.6) is 5.75 Å². The molecular formula is C21H21FN6O2. The zero-order valence-electron chi connectivity index (χ0n) is 16.5. The molecule has 1 aliphatic heterocycles. The number of aromatic nitrogens is 3. The third-order valence-electron chi connectivity index (χ3n) is 4.86. The van der Waals surface area contributed by atoms with Gasteiger partial charge in [0.1, 0.15) is 5.82 Å². The Morgan fingerprint density at radius 1 is 1.03 bits per heavy atom. The van der Waals surface area contributed by atoms with E-state index >= 15 is 0 Å². The molecule has 0 radical (unpaired) electrons. The van der Waals surface area contributed by atoms with Crippen molar-refractivity contribution in [2.45, 2.75) is 0 Å². The van der Waals surface area contributed by atoms with Gasteiger partial charge in [-0.2, -0.15) is 0 Å². The third-order valence-corrected chi connectivity index (χ3v) is 4.86. The van der Waals surface area contributed by atoms with Crippen molar-refractivity contribution in [2.75, 3.05) is 43.5 Å². The van der Waals surface area contributed by atoms with Gasteiger partial charge in [-0.25, -0.2) is 9.37 Å². The molecular weight excluding hydrogens is 387 g/mol. The number of nitrogens with zero attached hydrogens (tertiary/aromatic N) is 5. The smallest absolute Gasteiger partial charge is 0.254 e. The Morgan fingerprint density at radius 2 is 1.87 bits per heavy atom. The number of carbonyl (C=O) groups excluding carboxylic acids is 1. The van der Waals surface area contributed by atoms with Crippen LogP contribution >= 0.6 is 0 Å². The molecule has 1 N–H and O–H groups in total. The summed E-state index contributed by atoms with van der Waals surface area (Å²) < 4.78 is 18.8. The van der Waals surface area contributed by atoms with Gasteiger partial charge in [-0.05, 0) is 42.5 Å². The van der Waals surface area contributed by atoms with Gasteiger partial charge in [0.15, 0.2) is 23.2 Å². The SMILES string of the molecule is COc1ccc(C(=O)N2CCN(c3ccc(Nc4ccccn4)nn3)CC2)cc1F. The molecule has 1 saturated heterocycles. The van der Waals surface area contributed by atoms with E-state index in [-0.39, 0.29) is 11.7 Å². The van der Waals surface area contributed by atoms with Crippen LogP contribution in [0.4, 0.5) is 21.8 Å². The van der Waals surface area contributed by atoms with Crippen molar-refractivity contribution in [2.24, 2.45) is 0 Å². The maximum atomic E-state index is 13.9. The molecule has 0 bridgehead atoms. The topological polar surface area (TPSA) is 83.5 Å². The molecule has 8 nitrogen and oxygen atoms in total. The first-order valence-electron chi connectivity index (χ1n) is 9.53. The second-order valence-corrected chi connectivity index (χ2v) is 6.75. The van der Waals surface area contributed by atoms with Crippen LogP contribution in [0.25, 0.3) is 0 Å². The summed E-state index contributed by atoms with van der Waals surface area (Å²) >= 11 is 0. The average Bonchev–Trinajstić information content (AvgIpc) is 2.80. The lowest BCUT2D eigenvalue weighted by atomic mass is 10.1. The molecule has 30 heavy (non-hydrogen) atoms. The second-order valence-electron chi connectivity index (χ2n) is 6.75. The molecule has 0 unspecified atom stereocenters. The summed E-state index contributed by atoms with van der Waals surface area (Å²) in [7, 11) is 1.39. The van der Waals surface area contributed by atoms with E-state index in [4.69, 9.17) is 4.74 Å². The average molecular weight is 408 g/mol. The summed E-state index contributed by atoms with van der Waals surface area (Å²) in [5, 5.41) is 11.6. The highest BCUT2D eigenvalue weighted by atomic mass is 19.1. The largest absolute Gasteiger partial charge is 0.494 e. The second kappa shape index (κ2) is 8.73. The van der Waals surface area contributed by atoms with E-state index in [9.17, 15) is 9.18 Å². The molecule has 1 aromatic carbocycles. The highest BCUT2D eigenvalue weighted by Crippen LogP contribution is 2.20. The Hall–Kier alpha value is -3.75. The molecule has 1 amide bonds. The van der Waals surface area contributed by atoms with Crippen LogP contribution in [0.15, 0.2) is 54.7 Å². The van der Waals surface area contributed by atoms with Gasteiger partial charge in [-0.15, -0.1) is 10.2 Å². The maximum absolute atomic E-state index is 13.9. The zero-order chi connectivity index (χ0) is 20.9. The standard InChI is InChI=1S/C21H21FN6O2/c1-30-17-6-5-15(14-16(17)22)21(29)28-12-10-27(11-13-28)20-8-7-19(25-26-20)24-18-4-2-3-9-23-18/h2-9,14H,10-13H2,1H3,(H,23,24,25). The van der Waals surface area contributed by atoms with E-state index in [1.165, 1.54) is 19.2 Å². The Balaban J connectivity index is 1.35. The summed E-state index contributed by atoms with van der Waals surface area (Å²) in [5.74, 6) is 1.42. The molecule has 0 spiro atoms. The molecule has 0 atom stereocenters. The van der Waals surface area contributed by atoms with Gasteiger partial charge < -0.3 is 19.9 Å². The van der Waals surface area contributed by atoms with Gasteiger partial charge in [-0.1, -0.05) is 6.07 Å². The van der Waals surface area contributed by atoms with E-state index in [0.29, 0.717) is 43.4 Å². The van der Waals surface area contributed by atoms with Gasteiger partial charge in [-0.3, -0.25) is 4.79 Å². The number of amides is 1. The fourth-order valence-electron chi connectivity index (χ4n) is 3.25. The number of benzene rings is 1. The number of ether oxygens (including phenoxy) is 1. The Labute approximate surface area is 173 Å². The van der Waals surface area contributed by atoms with E-state index in [1.807, 2.05) is 30.3 Å². The van der Waals surface area contributed by atoms with Crippen molar-refractivity contribution in [3.8, 4) is 5.75 Å². The third kappa shape index (κ3) is 4.29. The van der Waals surface area contributed by atoms with Crippen molar-refractivity contribution >= 4 is 23.4 Å². The first kappa shape index (κ1) is 19.6. The Morgan fingerprint density at radius 3 is 2.50 bits per heavy atom. The molecule has 3 heterocycles. The fraction of sp³-hybridized carbons (Fsp3) is 0.238. The van der Waals surface area contributed by atoms with Gasteiger partial charge in [0.05, 0.1) is 7.11 Å². The molecule has 2 aromatic heterocycles. The first-order chi connectivity index (χ1) is 14.6. The molecule has 154 valence electrons. The van der Waals surface area contributed by atoms with Crippen LogP contribution in [0.3, 0.4) is 0 Å². The zero-order valence-corrected chi connectivity index (χ0v) is 16.5. The minimum absolute atomic E-state index is 0.121. The van der Waals surface area contributed by atoms with Gasteiger partial charge in [0.2, 0.25) is 0 Å². The van der Waals surface area contributed by atoms with Crippen molar-refractivity contribution < 1.29 is 13.9 Å². The van der Waals surface area contributed by atoms with Crippen molar-refractivity contribution in [3.05, 3.63) is 66.1 Å². The number of halogens is 1. The molecule has 1 fully saturated rings. The minimum Gasteiger partial charge on any atom is -0.494 e. The van der Waals surface area contributed by atoms with Crippen LogP contribution in [-0.4, -0.2) is 59.3 Å². The van der Waals surface area contributed by atoms with Gasteiger partial charge in [0, 0.05) is 37.9 Å². The maximum Gasteiger partial charge on any atom is 0.254 e. The summed E-state index contributed by atoms with van der Waals surface area (Å²) in [6.07, 6.45) is 1.70. The highest BCUT2D eigenvalue weighted by molar-refractivity contribution is 5.94. The number of piperazine rings is 1. The lowest BCUT2D eigenvalue weighted by Crippen LogP contribution is -2.49. The normalized spacial score (nSPS) is 13.8. The monoisotopic (exact) mass is 408 g/mol. The number of anilines is 3. The number of carbonyl (C=O) groups is 1. The predicted octanol–water partition coefficient (Wildman–Crippen LogP) is 2.73. The Kier molecular flexibility index (Phi) is 5.69. The minimum atomic E-state index is -0.545. The van der Waals surface area contributed by atoms with Crippen LogP contribution in [-0.2, 0) is 0 Å². The van der Waals surface area contributed by atoms with Gasteiger partial charge >= 0.3 is 0 Å². The quantitative estimate of drug-likeness (QED) is 0.695.